The van der Waals surface area contributed by atoms with Gasteiger partial charge in [0.05, 0.1) is 0 Å². The SMILES string of the molecule is CC(C)(C)OC(=O)N1CCC2(CNCC3(CC3)C2)C1. The molecule has 1 unspecified atom stereocenters. The molecule has 1 N–H and O–H groups in total. The fraction of sp³-hybridized carbons (Fsp3) is 0.933. The normalized spacial score (nSPS) is 32.9. The average molecular weight is 266 g/mol. The lowest BCUT2D eigenvalue weighted by Crippen LogP contribution is -2.47. The Balaban J connectivity index is 1.62. The number of nitrogens with zero attached hydrogens (tertiary/aromatic N) is 1. The summed E-state index contributed by atoms with van der Waals surface area (Å²) in [6.07, 6.45) is 5.02. The minimum Gasteiger partial charge on any atom is -0.444 e. The number of nitrogens with one attached hydrogen (secondary N) is 1. The van der Waals surface area contributed by atoms with Crippen molar-refractivity contribution in [2.45, 2.75) is 52.1 Å². The Labute approximate surface area is 115 Å². The standard InChI is InChI=1S/C15H26N2O2/c1-13(2,3)19-12(18)17-7-6-15(11-17)8-14(4-5-14)9-16-10-15/h16H,4-11H2,1-3H3. The smallest absolute Gasteiger partial charge is 0.410 e. The van der Waals surface area contributed by atoms with Crippen molar-refractivity contribution in [3.05, 3.63) is 0 Å². The first-order valence-corrected chi connectivity index (χ1v) is 7.50. The molecular weight excluding hydrogens is 240 g/mol. The van der Waals surface area contributed by atoms with Crippen molar-refractivity contribution in [1.29, 1.82) is 0 Å². The highest BCUT2D eigenvalue weighted by Gasteiger charge is 2.54. The molecule has 0 radical (unpaired) electrons. The van der Waals surface area contributed by atoms with Crippen LogP contribution in [0.4, 0.5) is 4.79 Å². The van der Waals surface area contributed by atoms with Crippen LogP contribution in [0.2, 0.25) is 0 Å². The minimum absolute atomic E-state index is 0.139. The molecule has 1 aliphatic carbocycles. The van der Waals surface area contributed by atoms with Gasteiger partial charge in [-0.15, -0.1) is 0 Å². The van der Waals surface area contributed by atoms with Crippen LogP contribution < -0.4 is 5.32 Å². The second-order valence-corrected chi connectivity index (χ2v) is 7.93. The topological polar surface area (TPSA) is 41.6 Å². The third-order valence-electron chi connectivity index (χ3n) is 4.80. The molecule has 108 valence electrons. The summed E-state index contributed by atoms with van der Waals surface area (Å²) in [6.45, 7) is 9.76. The lowest BCUT2D eigenvalue weighted by Gasteiger charge is -2.39. The molecule has 4 heteroatoms. The van der Waals surface area contributed by atoms with Gasteiger partial charge < -0.3 is 15.0 Å². The Hall–Kier alpha value is -0.770. The van der Waals surface area contributed by atoms with Gasteiger partial charge >= 0.3 is 6.09 Å². The predicted octanol–water partition coefficient (Wildman–Crippen LogP) is 2.39. The largest absolute Gasteiger partial charge is 0.444 e. The van der Waals surface area contributed by atoms with Crippen molar-refractivity contribution >= 4 is 6.09 Å². The number of carbonyl (C=O) groups excluding carboxylic acids is 1. The number of rotatable bonds is 0. The van der Waals surface area contributed by atoms with Crippen molar-refractivity contribution in [2.24, 2.45) is 10.8 Å². The summed E-state index contributed by atoms with van der Waals surface area (Å²) in [7, 11) is 0. The van der Waals surface area contributed by atoms with Crippen molar-refractivity contribution in [1.82, 2.24) is 10.2 Å². The Morgan fingerprint density at radius 3 is 2.47 bits per heavy atom. The van der Waals surface area contributed by atoms with E-state index in [4.69, 9.17) is 4.74 Å². The molecule has 2 saturated heterocycles. The van der Waals surface area contributed by atoms with Gasteiger partial charge in [-0.25, -0.2) is 4.79 Å². The van der Waals surface area contributed by atoms with Crippen LogP contribution in [0.15, 0.2) is 0 Å². The van der Waals surface area contributed by atoms with Crippen molar-refractivity contribution in [3.63, 3.8) is 0 Å². The van der Waals surface area contributed by atoms with Crippen LogP contribution in [-0.4, -0.2) is 42.8 Å². The summed E-state index contributed by atoms with van der Waals surface area (Å²) in [5, 5.41) is 3.60. The molecule has 4 nitrogen and oxygen atoms in total. The summed E-state index contributed by atoms with van der Waals surface area (Å²) in [5.41, 5.74) is 0.489. The van der Waals surface area contributed by atoms with Crippen LogP contribution >= 0.6 is 0 Å². The molecule has 19 heavy (non-hydrogen) atoms. The molecule has 0 aromatic rings. The first-order chi connectivity index (χ1) is 8.82. The first kappa shape index (κ1) is 13.2. The Bertz CT molecular complexity index is 384. The number of amides is 1. The third-order valence-corrected chi connectivity index (χ3v) is 4.80. The highest BCUT2D eigenvalue weighted by Crippen LogP contribution is 2.56. The zero-order valence-corrected chi connectivity index (χ0v) is 12.4. The predicted molar refractivity (Wildman–Crippen MR) is 74.0 cm³/mol. The summed E-state index contributed by atoms with van der Waals surface area (Å²) < 4.78 is 5.49. The van der Waals surface area contributed by atoms with Crippen molar-refractivity contribution in [3.8, 4) is 0 Å². The molecule has 0 aromatic carbocycles. The lowest BCUT2D eigenvalue weighted by molar-refractivity contribution is 0.0256. The van der Waals surface area contributed by atoms with Crippen LogP contribution in [0, 0.1) is 10.8 Å². The molecule has 3 rings (SSSR count). The number of piperidine rings is 1. The van der Waals surface area contributed by atoms with E-state index in [2.05, 4.69) is 5.32 Å². The molecule has 3 aliphatic rings. The highest BCUT2D eigenvalue weighted by atomic mass is 16.6. The van der Waals surface area contributed by atoms with Gasteiger partial charge in [0.25, 0.3) is 0 Å². The van der Waals surface area contributed by atoms with Gasteiger partial charge in [-0.1, -0.05) is 0 Å². The zero-order valence-electron chi connectivity index (χ0n) is 12.4. The van der Waals surface area contributed by atoms with E-state index in [1.807, 2.05) is 25.7 Å². The monoisotopic (exact) mass is 266 g/mol. The van der Waals surface area contributed by atoms with E-state index in [1.54, 1.807) is 0 Å². The zero-order chi connectivity index (χ0) is 13.7. The minimum atomic E-state index is -0.393. The Kier molecular flexibility index (Phi) is 2.86. The van der Waals surface area contributed by atoms with E-state index in [0.717, 1.165) is 26.1 Å². The van der Waals surface area contributed by atoms with Crippen LogP contribution in [0.1, 0.15) is 46.5 Å². The molecule has 2 aliphatic heterocycles. The summed E-state index contributed by atoms with van der Waals surface area (Å²) in [4.78, 5) is 14.1. The maximum Gasteiger partial charge on any atom is 0.410 e. The van der Waals surface area contributed by atoms with Crippen LogP contribution in [-0.2, 0) is 4.74 Å². The van der Waals surface area contributed by atoms with Gasteiger partial charge in [-0.3, -0.25) is 0 Å². The number of likely N-dealkylation sites (tertiary alicyclic amines) is 1. The molecule has 2 heterocycles. The number of carbonyl (C=O) groups is 1. The average Bonchev–Trinajstić information content (AvgIpc) is 2.87. The Morgan fingerprint density at radius 1 is 1.16 bits per heavy atom. The van der Waals surface area contributed by atoms with E-state index in [9.17, 15) is 4.79 Å². The molecule has 2 spiro atoms. The van der Waals surface area contributed by atoms with Crippen LogP contribution in [0.25, 0.3) is 0 Å². The second kappa shape index (κ2) is 4.11. The fourth-order valence-corrected chi connectivity index (χ4v) is 3.75. The van der Waals surface area contributed by atoms with Crippen molar-refractivity contribution < 1.29 is 9.53 Å². The molecule has 3 fully saturated rings. The van der Waals surface area contributed by atoms with Crippen LogP contribution in [0.5, 0.6) is 0 Å². The van der Waals surface area contributed by atoms with E-state index < -0.39 is 5.60 Å². The quantitative estimate of drug-likeness (QED) is 0.732. The number of ether oxygens (including phenoxy) is 1. The second-order valence-electron chi connectivity index (χ2n) is 7.93. The van der Waals surface area contributed by atoms with Gasteiger partial charge in [-0.2, -0.15) is 0 Å². The van der Waals surface area contributed by atoms with E-state index in [0.29, 0.717) is 10.8 Å². The number of hydrogen-bond donors (Lipinski definition) is 1. The first-order valence-electron chi connectivity index (χ1n) is 7.50. The fourth-order valence-electron chi connectivity index (χ4n) is 3.75. The van der Waals surface area contributed by atoms with Gasteiger partial charge in [-0.05, 0) is 51.9 Å². The highest BCUT2D eigenvalue weighted by molar-refractivity contribution is 5.68. The van der Waals surface area contributed by atoms with E-state index in [-0.39, 0.29) is 6.09 Å². The van der Waals surface area contributed by atoms with Gasteiger partial charge in [0.1, 0.15) is 5.60 Å². The lowest BCUT2D eigenvalue weighted by atomic mass is 9.74. The molecular formula is C15H26N2O2. The molecule has 1 amide bonds. The molecule has 0 bridgehead atoms. The number of hydrogen-bond acceptors (Lipinski definition) is 3. The van der Waals surface area contributed by atoms with Crippen LogP contribution in [0.3, 0.4) is 0 Å². The van der Waals surface area contributed by atoms with Gasteiger partial charge in [0.15, 0.2) is 0 Å². The van der Waals surface area contributed by atoms with Gasteiger partial charge in [0, 0.05) is 31.6 Å². The van der Waals surface area contributed by atoms with Gasteiger partial charge in [0.2, 0.25) is 0 Å². The van der Waals surface area contributed by atoms with E-state index >= 15 is 0 Å². The Morgan fingerprint density at radius 2 is 1.84 bits per heavy atom. The molecule has 1 atom stereocenters. The summed E-state index contributed by atoms with van der Waals surface area (Å²) >= 11 is 0. The maximum atomic E-state index is 12.1. The summed E-state index contributed by atoms with van der Waals surface area (Å²) in [6, 6.07) is 0. The van der Waals surface area contributed by atoms with Crippen molar-refractivity contribution in [2.75, 3.05) is 26.2 Å². The summed E-state index contributed by atoms with van der Waals surface area (Å²) in [5.74, 6) is 0. The maximum absolute atomic E-state index is 12.1. The van der Waals surface area contributed by atoms with E-state index in [1.165, 1.54) is 25.8 Å². The molecule has 1 saturated carbocycles. The molecule has 0 aromatic heterocycles. The third kappa shape index (κ3) is 2.73.